The number of rotatable bonds is 6. The molecule has 0 saturated carbocycles. The highest BCUT2D eigenvalue weighted by Gasteiger charge is 2.30. The molecule has 0 aliphatic carbocycles. The van der Waals surface area contributed by atoms with Gasteiger partial charge in [0.2, 0.25) is 0 Å². The van der Waals surface area contributed by atoms with Crippen molar-refractivity contribution < 1.29 is 3.07 Å². The van der Waals surface area contributed by atoms with Gasteiger partial charge < -0.3 is 13.3 Å². The molecule has 0 aromatic heterocycles. The summed E-state index contributed by atoms with van der Waals surface area (Å²) in [5.74, 6) is 0. The van der Waals surface area contributed by atoms with Gasteiger partial charge in [0.05, 0.1) is 6.61 Å². The normalized spacial score (nSPS) is 19.6. The molecule has 0 aromatic carbocycles. The number of hydrogen-bond acceptors (Lipinski definition) is 3. The summed E-state index contributed by atoms with van der Waals surface area (Å²) in [6.07, 6.45) is 1.20. The fourth-order valence-electron chi connectivity index (χ4n) is 3.02. The van der Waals surface area contributed by atoms with Crippen molar-refractivity contribution in [3.05, 3.63) is 0 Å². The van der Waals surface area contributed by atoms with E-state index in [1.807, 2.05) is 23.0 Å². The lowest BCUT2D eigenvalue weighted by Gasteiger charge is -2.39. The monoisotopic (exact) mass is 354 g/mol. The molecule has 0 atom stereocenters. The Labute approximate surface area is 120 Å². The Kier molecular flexibility index (Phi) is 6.16. The van der Waals surface area contributed by atoms with Crippen molar-refractivity contribution in [2.45, 2.75) is 34.1 Å². The first-order valence-electron chi connectivity index (χ1n) is 6.51. The average Bonchev–Trinajstić information content (AvgIpc) is 2.15. The average molecular weight is 354 g/mol. The molecule has 102 valence electrons. The summed E-state index contributed by atoms with van der Waals surface area (Å²) >= 11 is 2.00. The van der Waals surface area contributed by atoms with Crippen LogP contribution in [0.15, 0.2) is 0 Å². The summed E-state index contributed by atoms with van der Waals surface area (Å²) in [4.78, 5) is 2.58. The quantitative estimate of drug-likeness (QED) is 0.743. The molecule has 17 heavy (non-hydrogen) atoms. The first kappa shape index (κ1) is 15.7. The van der Waals surface area contributed by atoms with Crippen LogP contribution < -0.4 is 5.32 Å². The Morgan fingerprint density at radius 2 is 1.71 bits per heavy atom. The lowest BCUT2D eigenvalue weighted by molar-refractivity contribution is 0.0936. The van der Waals surface area contributed by atoms with Crippen molar-refractivity contribution in [1.82, 2.24) is 10.2 Å². The smallest absolute Gasteiger partial charge is 0.109 e. The van der Waals surface area contributed by atoms with Crippen molar-refractivity contribution in [2.75, 3.05) is 39.3 Å². The van der Waals surface area contributed by atoms with Crippen LogP contribution in [0, 0.1) is 10.8 Å². The van der Waals surface area contributed by atoms with Crippen LogP contribution in [0.25, 0.3) is 0 Å². The molecule has 0 spiro atoms. The van der Waals surface area contributed by atoms with Gasteiger partial charge in [0.25, 0.3) is 0 Å². The zero-order chi connectivity index (χ0) is 12.9. The zero-order valence-corrected chi connectivity index (χ0v) is 13.8. The Balaban J connectivity index is 2.43. The van der Waals surface area contributed by atoms with Crippen molar-refractivity contribution in [1.29, 1.82) is 0 Å². The van der Waals surface area contributed by atoms with Gasteiger partial charge in [-0.1, -0.05) is 27.7 Å². The second-order valence-corrected chi connectivity index (χ2v) is 7.41. The molecule has 1 saturated heterocycles. The Morgan fingerprint density at radius 3 is 2.24 bits per heavy atom. The van der Waals surface area contributed by atoms with Crippen molar-refractivity contribution in [2.24, 2.45) is 10.8 Å². The van der Waals surface area contributed by atoms with Gasteiger partial charge in [0, 0.05) is 32.7 Å². The molecular formula is C13H27IN2O. The van der Waals surface area contributed by atoms with Gasteiger partial charge in [-0.25, -0.2) is 0 Å². The van der Waals surface area contributed by atoms with Crippen LogP contribution >= 0.6 is 23.0 Å². The van der Waals surface area contributed by atoms with Crippen LogP contribution in [-0.2, 0) is 3.07 Å². The van der Waals surface area contributed by atoms with Crippen molar-refractivity contribution >= 4 is 23.0 Å². The highest BCUT2D eigenvalue weighted by Crippen LogP contribution is 2.35. The minimum atomic E-state index is 0.263. The van der Waals surface area contributed by atoms with E-state index in [4.69, 9.17) is 3.07 Å². The van der Waals surface area contributed by atoms with Gasteiger partial charge in [-0.15, -0.1) is 0 Å². The van der Waals surface area contributed by atoms with E-state index in [0.29, 0.717) is 5.41 Å². The minimum absolute atomic E-state index is 0.263. The molecule has 0 unspecified atom stereocenters. The number of halogens is 1. The predicted molar refractivity (Wildman–Crippen MR) is 81.5 cm³/mol. The maximum absolute atomic E-state index is 5.29. The molecule has 0 bridgehead atoms. The lowest BCUT2D eigenvalue weighted by atomic mass is 9.75. The Hall–Kier alpha value is 0.610. The summed E-state index contributed by atoms with van der Waals surface area (Å²) in [6.45, 7) is 16.0. The molecule has 1 rings (SSSR count). The topological polar surface area (TPSA) is 24.5 Å². The molecule has 0 radical (unpaired) electrons. The van der Waals surface area contributed by atoms with Gasteiger partial charge in [0.15, 0.2) is 0 Å². The van der Waals surface area contributed by atoms with Crippen molar-refractivity contribution in [3.8, 4) is 0 Å². The molecule has 1 N–H and O–H groups in total. The first-order valence-corrected chi connectivity index (χ1v) is 7.39. The highest BCUT2D eigenvalue weighted by molar-refractivity contribution is 14.1. The van der Waals surface area contributed by atoms with Crippen LogP contribution in [0.2, 0.25) is 0 Å². The summed E-state index contributed by atoms with van der Waals surface area (Å²) in [7, 11) is 0. The van der Waals surface area contributed by atoms with Crippen LogP contribution in [-0.4, -0.2) is 44.2 Å². The maximum atomic E-state index is 5.29. The van der Waals surface area contributed by atoms with E-state index >= 15 is 0 Å². The van der Waals surface area contributed by atoms with Gasteiger partial charge in [-0.2, -0.15) is 0 Å². The summed E-state index contributed by atoms with van der Waals surface area (Å²) in [6, 6.07) is 0. The number of nitrogens with one attached hydrogen (secondary N) is 1. The fourth-order valence-corrected chi connectivity index (χ4v) is 3.87. The standard InChI is InChI=1S/C13H27IN2O/c1-12(2,9-13(3,4)11-17-14)10-16-7-5-15-6-8-16/h15H,5-11H2,1-4H3. The van der Waals surface area contributed by atoms with E-state index < -0.39 is 0 Å². The Bertz CT molecular complexity index is 225. The van der Waals surface area contributed by atoms with Crippen LogP contribution in [0.4, 0.5) is 0 Å². The SMILES string of the molecule is CC(C)(COI)CC(C)(C)CN1CCNCC1. The minimum Gasteiger partial charge on any atom is -0.315 e. The lowest BCUT2D eigenvalue weighted by Crippen LogP contribution is -2.47. The largest absolute Gasteiger partial charge is 0.315 e. The second-order valence-electron chi connectivity index (χ2n) is 6.78. The second kappa shape index (κ2) is 6.68. The Morgan fingerprint density at radius 1 is 1.12 bits per heavy atom. The molecule has 0 amide bonds. The van der Waals surface area contributed by atoms with Gasteiger partial charge in [-0.3, -0.25) is 0 Å². The predicted octanol–water partition coefficient (Wildman–Crippen LogP) is 2.70. The molecular weight excluding hydrogens is 327 g/mol. The van der Waals surface area contributed by atoms with Gasteiger partial charge >= 0.3 is 0 Å². The third kappa shape index (κ3) is 6.36. The van der Waals surface area contributed by atoms with E-state index in [-0.39, 0.29) is 5.41 Å². The summed E-state index contributed by atoms with van der Waals surface area (Å²) in [5, 5.41) is 3.41. The molecule has 3 nitrogen and oxygen atoms in total. The van der Waals surface area contributed by atoms with E-state index in [9.17, 15) is 0 Å². The number of nitrogens with zero attached hydrogens (tertiary/aromatic N) is 1. The van der Waals surface area contributed by atoms with E-state index in [1.54, 1.807) is 0 Å². The third-order valence-electron chi connectivity index (χ3n) is 3.26. The molecule has 0 aromatic rings. The molecule has 1 aliphatic rings. The van der Waals surface area contributed by atoms with E-state index in [1.165, 1.54) is 26.1 Å². The van der Waals surface area contributed by atoms with Crippen LogP contribution in [0.3, 0.4) is 0 Å². The molecule has 1 fully saturated rings. The van der Waals surface area contributed by atoms with Crippen LogP contribution in [0.5, 0.6) is 0 Å². The molecule has 4 heteroatoms. The first-order chi connectivity index (χ1) is 7.85. The summed E-state index contributed by atoms with van der Waals surface area (Å²) in [5.41, 5.74) is 0.620. The number of hydrogen-bond donors (Lipinski definition) is 1. The van der Waals surface area contributed by atoms with E-state index in [0.717, 1.165) is 19.7 Å². The van der Waals surface area contributed by atoms with Crippen LogP contribution in [0.1, 0.15) is 34.1 Å². The van der Waals surface area contributed by atoms with E-state index in [2.05, 4.69) is 37.9 Å². The van der Waals surface area contributed by atoms with Crippen molar-refractivity contribution in [3.63, 3.8) is 0 Å². The van der Waals surface area contributed by atoms with Gasteiger partial charge in [-0.05, 0) is 17.3 Å². The highest BCUT2D eigenvalue weighted by atomic mass is 127. The third-order valence-corrected chi connectivity index (χ3v) is 3.58. The molecule has 1 heterocycles. The fraction of sp³-hybridized carbons (Fsp3) is 1.00. The number of piperazine rings is 1. The zero-order valence-electron chi connectivity index (χ0n) is 11.7. The summed E-state index contributed by atoms with van der Waals surface area (Å²) < 4.78 is 5.29. The molecule has 1 aliphatic heterocycles. The maximum Gasteiger partial charge on any atom is 0.109 e. The van der Waals surface area contributed by atoms with Gasteiger partial charge in [0.1, 0.15) is 23.0 Å².